The summed E-state index contributed by atoms with van der Waals surface area (Å²) in [6, 6.07) is 0.825. The van der Waals surface area contributed by atoms with Gasteiger partial charge in [-0.2, -0.15) is 0 Å². The van der Waals surface area contributed by atoms with E-state index in [0.717, 1.165) is 25.8 Å². The summed E-state index contributed by atoms with van der Waals surface area (Å²) >= 11 is 0. The van der Waals surface area contributed by atoms with Crippen LogP contribution in [-0.4, -0.2) is 67.3 Å². The molecule has 20 heavy (non-hydrogen) atoms. The molecule has 0 aromatic carbocycles. The molecule has 1 unspecified atom stereocenters. The summed E-state index contributed by atoms with van der Waals surface area (Å²) in [5, 5.41) is 0. The number of nitrogens with zero attached hydrogens (tertiary/aromatic N) is 2. The summed E-state index contributed by atoms with van der Waals surface area (Å²) < 4.78 is 5.74. The van der Waals surface area contributed by atoms with Gasteiger partial charge >= 0.3 is 0 Å². The fraction of sp³-hybridized carbons (Fsp3) is 1.00. The third-order valence-corrected chi connectivity index (χ3v) is 5.72. The topological polar surface area (TPSA) is 41.7 Å². The summed E-state index contributed by atoms with van der Waals surface area (Å²) in [7, 11) is 0. The number of hydrogen-bond acceptors (Lipinski definition) is 4. The predicted molar refractivity (Wildman–Crippen MR) is 81.9 cm³/mol. The van der Waals surface area contributed by atoms with Gasteiger partial charge in [0.05, 0.1) is 12.1 Å². The standard InChI is InChI=1S/C16H31N3O/c17-13-16(7-4-12-20-14-16)19-10-5-15(6-11-19)18-8-2-1-3-9-18/h15H,1-14,17H2. The first-order chi connectivity index (χ1) is 9.84. The van der Waals surface area contributed by atoms with Crippen LogP contribution in [0.1, 0.15) is 44.9 Å². The number of ether oxygens (including phenoxy) is 1. The average molecular weight is 281 g/mol. The van der Waals surface area contributed by atoms with Crippen molar-refractivity contribution < 1.29 is 4.74 Å². The fourth-order valence-corrected chi connectivity index (χ4v) is 4.37. The zero-order valence-electron chi connectivity index (χ0n) is 12.9. The van der Waals surface area contributed by atoms with E-state index >= 15 is 0 Å². The van der Waals surface area contributed by atoms with E-state index in [2.05, 4.69) is 9.80 Å². The Hall–Kier alpha value is -0.160. The maximum Gasteiger partial charge on any atom is 0.0662 e. The van der Waals surface area contributed by atoms with Gasteiger partial charge in [-0.05, 0) is 51.6 Å². The Morgan fingerprint density at radius 2 is 1.75 bits per heavy atom. The van der Waals surface area contributed by atoms with Crippen LogP contribution in [0.2, 0.25) is 0 Å². The van der Waals surface area contributed by atoms with Crippen LogP contribution in [0.4, 0.5) is 0 Å². The van der Waals surface area contributed by atoms with Crippen LogP contribution < -0.4 is 5.73 Å². The second kappa shape index (κ2) is 6.73. The number of hydrogen-bond donors (Lipinski definition) is 1. The van der Waals surface area contributed by atoms with Crippen LogP contribution in [0.25, 0.3) is 0 Å². The number of likely N-dealkylation sites (tertiary alicyclic amines) is 2. The van der Waals surface area contributed by atoms with Gasteiger partial charge in [0.15, 0.2) is 0 Å². The lowest BCUT2D eigenvalue weighted by Crippen LogP contribution is -2.62. The van der Waals surface area contributed by atoms with Gasteiger partial charge in [-0.25, -0.2) is 0 Å². The quantitative estimate of drug-likeness (QED) is 0.850. The lowest BCUT2D eigenvalue weighted by Gasteiger charge is -2.49. The van der Waals surface area contributed by atoms with Crippen LogP contribution in [0.3, 0.4) is 0 Å². The van der Waals surface area contributed by atoms with Crippen molar-refractivity contribution in [1.82, 2.24) is 9.80 Å². The summed E-state index contributed by atoms with van der Waals surface area (Å²) in [5.74, 6) is 0. The van der Waals surface area contributed by atoms with Gasteiger partial charge in [0.25, 0.3) is 0 Å². The SMILES string of the molecule is NCC1(N2CCC(N3CCCCC3)CC2)CCCOC1. The van der Waals surface area contributed by atoms with Crippen molar-refractivity contribution in [3.05, 3.63) is 0 Å². The van der Waals surface area contributed by atoms with E-state index in [1.165, 1.54) is 71.1 Å². The van der Waals surface area contributed by atoms with Gasteiger partial charge in [-0.1, -0.05) is 6.42 Å². The lowest BCUT2D eigenvalue weighted by molar-refractivity contribution is -0.0610. The molecule has 0 aliphatic carbocycles. The molecule has 0 saturated carbocycles. The average Bonchev–Trinajstić information content (AvgIpc) is 2.56. The monoisotopic (exact) mass is 281 g/mol. The molecule has 0 bridgehead atoms. The second-order valence-electron chi connectivity index (χ2n) is 6.90. The predicted octanol–water partition coefficient (Wildman–Crippen LogP) is 1.44. The molecule has 3 saturated heterocycles. The molecule has 2 N–H and O–H groups in total. The van der Waals surface area contributed by atoms with E-state index in [4.69, 9.17) is 10.5 Å². The smallest absolute Gasteiger partial charge is 0.0662 e. The highest BCUT2D eigenvalue weighted by atomic mass is 16.5. The maximum atomic E-state index is 6.11. The summed E-state index contributed by atoms with van der Waals surface area (Å²) in [6.45, 7) is 7.60. The van der Waals surface area contributed by atoms with Crippen molar-refractivity contribution in [2.24, 2.45) is 5.73 Å². The zero-order valence-corrected chi connectivity index (χ0v) is 12.9. The van der Waals surface area contributed by atoms with E-state index in [1.54, 1.807) is 0 Å². The third kappa shape index (κ3) is 3.03. The Morgan fingerprint density at radius 1 is 1.00 bits per heavy atom. The van der Waals surface area contributed by atoms with E-state index in [1.807, 2.05) is 0 Å². The molecule has 3 aliphatic rings. The van der Waals surface area contributed by atoms with Gasteiger partial charge in [-0.15, -0.1) is 0 Å². The highest BCUT2D eigenvalue weighted by molar-refractivity contribution is 4.96. The minimum atomic E-state index is 0.144. The molecule has 0 radical (unpaired) electrons. The Balaban J connectivity index is 1.54. The summed E-state index contributed by atoms with van der Waals surface area (Å²) in [4.78, 5) is 5.39. The summed E-state index contributed by atoms with van der Waals surface area (Å²) in [6.07, 6.45) is 9.27. The first-order valence-corrected chi connectivity index (χ1v) is 8.61. The molecule has 116 valence electrons. The Labute approximate surface area is 123 Å². The lowest BCUT2D eigenvalue weighted by atomic mass is 9.87. The van der Waals surface area contributed by atoms with Crippen LogP contribution in [-0.2, 0) is 4.74 Å². The Kier molecular flexibility index (Phi) is 4.97. The van der Waals surface area contributed by atoms with Gasteiger partial charge in [0, 0.05) is 32.3 Å². The van der Waals surface area contributed by atoms with Crippen molar-refractivity contribution in [3.8, 4) is 0 Å². The molecule has 0 aromatic rings. The molecule has 3 aliphatic heterocycles. The molecular weight excluding hydrogens is 250 g/mol. The Morgan fingerprint density at radius 3 is 2.35 bits per heavy atom. The van der Waals surface area contributed by atoms with Gasteiger partial charge < -0.3 is 15.4 Å². The molecule has 4 heteroatoms. The van der Waals surface area contributed by atoms with E-state index in [9.17, 15) is 0 Å². The third-order valence-electron chi connectivity index (χ3n) is 5.72. The second-order valence-corrected chi connectivity index (χ2v) is 6.90. The van der Waals surface area contributed by atoms with Gasteiger partial charge in [0.1, 0.15) is 0 Å². The first kappa shape index (κ1) is 14.8. The molecular formula is C16H31N3O. The molecule has 3 fully saturated rings. The molecule has 3 heterocycles. The zero-order chi connectivity index (χ0) is 13.8. The van der Waals surface area contributed by atoms with Crippen molar-refractivity contribution in [2.45, 2.75) is 56.5 Å². The van der Waals surface area contributed by atoms with Crippen molar-refractivity contribution >= 4 is 0 Å². The highest BCUT2D eigenvalue weighted by Crippen LogP contribution is 2.30. The molecule has 1 atom stereocenters. The fourth-order valence-electron chi connectivity index (χ4n) is 4.37. The molecule has 0 amide bonds. The number of nitrogens with two attached hydrogens (primary N) is 1. The molecule has 0 aromatic heterocycles. The number of rotatable bonds is 3. The van der Waals surface area contributed by atoms with Crippen LogP contribution in [0.15, 0.2) is 0 Å². The Bertz CT molecular complexity index is 290. The normalized spacial score (nSPS) is 35.2. The summed E-state index contributed by atoms with van der Waals surface area (Å²) in [5.41, 5.74) is 6.26. The van der Waals surface area contributed by atoms with Gasteiger partial charge in [-0.3, -0.25) is 4.90 Å². The van der Waals surface area contributed by atoms with Crippen LogP contribution >= 0.6 is 0 Å². The molecule has 0 spiro atoms. The highest BCUT2D eigenvalue weighted by Gasteiger charge is 2.40. The van der Waals surface area contributed by atoms with E-state index in [-0.39, 0.29) is 5.54 Å². The minimum absolute atomic E-state index is 0.144. The van der Waals surface area contributed by atoms with Crippen molar-refractivity contribution in [2.75, 3.05) is 45.9 Å². The number of piperidine rings is 2. The largest absolute Gasteiger partial charge is 0.379 e. The van der Waals surface area contributed by atoms with Crippen molar-refractivity contribution in [1.29, 1.82) is 0 Å². The first-order valence-electron chi connectivity index (χ1n) is 8.61. The van der Waals surface area contributed by atoms with Gasteiger partial charge in [0.2, 0.25) is 0 Å². The van der Waals surface area contributed by atoms with Crippen LogP contribution in [0, 0.1) is 0 Å². The van der Waals surface area contributed by atoms with Crippen molar-refractivity contribution in [3.63, 3.8) is 0 Å². The van der Waals surface area contributed by atoms with E-state index in [0.29, 0.717) is 0 Å². The minimum Gasteiger partial charge on any atom is -0.379 e. The van der Waals surface area contributed by atoms with Crippen LogP contribution in [0.5, 0.6) is 0 Å². The molecule has 3 rings (SSSR count). The molecule has 4 nitrogen and oxygen atoms in total. The van der Waals surface area contributed by atoms with E-state index < -0.39 is 0 Å². The maximum absolute atomic E-state index is 6.11.